The van der Waals surface area contributed by atoms with E-state index in [0.29, 0.717) is 18.5 Å². The minimum atomic E-state index is 0. The third kappa shape index (κ3) is 1.72. The quantitative estimate of drug-likeness (QED) is 0.649. The van der Waals surface area contributed by atoms with E-state index in [1.54, 1.807) is 0 Å². The average Bonchev–Trinajstić information content (AvgIpc) is 1.90. The molecule has 12 heavy (non-hydrogen) atoms. The highest BCUT2D eigenvalue weighted by Gasteiger charge is 2.29. The lowest BCUT2D eigenvalue weighted by molar-refractivity contribution is -0.136. The van der Waals surface area contributed by atoms with Crippen LogP contribution in [0.1, 0.15) is 19.3 Å². The van der Waals surface area contributed by atoms with E-state index >= 15 is 0 Å². The van der Waals surface area contributed by atoms with Gasteiger partial charge in [0.05, 0.1) is 6.54 Å². The molecule has 1 saturated heterocycles. The first kappa shape index (κ1) is 9.81. The van der Waals surface area contributed by atoms with Gasteiger partial charge in [-0.05, 0) is 19.3 Å². The molecule has 0 bridgehead atoms. The summed E-state index contributed by atoms with van der Waals surface area (Å²) in [5.41, 5.74) is 0. The minimum Gasteiger partial charge on any atom is -0.337 e. The average molecular weight is 191 g/mol. The maximum Gasteiger partial charge on any atom is 0.236 e. The van der Waals surface area contributed by atoms with Gasteiger partial charge in [0, 0.05) is 19.1 Å². The van der Waals surface area contributed by atoms with Gasteiger partial charge >= 0.3 is 0 Å². The topological polar surface area (TPSA) is 32.3 Å². The molecule has 0 spiro atoms. The van der Waals surface area contributed by atoms with Gasteiger partial charge in [0.25, 0.3) is 0 Å². The van der Waals surface area contributed by atoms with Crippen molar-refractivity contribution in [2.75, 3.05) is 19.6 Å². The van der Waals surface area contributed by atoms with Crippen molar-refractivity contribution < 1.29 is 4.79 Å². The molecule has 0 aromatic carbocycles. The van der Waals surface area contributed by atoms with Gasteiger partial charge in [-0.2, -0.15) is 0 Å². The van der Waals surface area contributed by atoms with Crippen LogP contribution in [0.2, 0.25) is 0 Å². The summed E-state index contributed by atoms with van der Waals surface area (Å²) in [4.78, 5) is 13.3. The Hall–Kier alpha value is -0.280. The van der Waals surface area contributed by atoms with Crippen molar-refractivity contribution in [3.8, 4) is 0 Å². The summed E-state index contributed by atoms with van der Waals surface area (Å²) in [5.74, 6) is 0.293. The predicted octanol–water partition coefficient (Wildman–Crippen LogP) is 0.392. The summed E-state index contributed by atoms with van der Waals surface area (Å²) in [6.45, 7) is 2.45. The van der Waals surface area contributed by atoms with E-state index in [0.717, 1.165) is 13.1 Å². The molecule has 70 valence electrons. The molecule has 0 unspecified atom stereocenters. The number of halogens is 1. The second-order valence-electron chi connectivity index (χ2n) is 3.35. The predicted molar refractivity (Wildman–Crippen MR) is 49.5 cm³/mol. The van der Waals surface area contributed by atoms with E-state index in [2.05, 4.69) is 5.32 Å². The molecule has 1 heterocycles. The number of piperazine rings is 1. The van der Waals surface area contributed by atoms with Crippen molar-refractivity contribution in [2.24, 2.45) is 0 Å². The molecule has 4 heteroatoms. The maximum absolute atomic E-state index is 11.3. The molecular weight excluding hydrogens is 176 g/mol. The van der Waals surface area contributed by atoms with Crippen LogP contribution in [0.3, 0.4) is 0 Å². The number of carbonyl (C=O) groups is 1. The number of hydrogen-bond donors (Lipinski definition) is 1. The van der Waals surface area contributed by atoms with Crippen LogP contribution in [0.15, 0.2) is 0 Å². The van der Waals surface area contributed by atoms with Crippen molar-refractivity contribution in [1.29, 1.82) is 0 Å². The van der Waals surface area contributed by atoms with E-state index in [4.69, 9.17) is 0 Å². The molecule has 1 aliphatic heterocycles. The van der Waals surface area contributed by atoms with Crippen molar-refractivity contribution >= 4 is 18.3 Å². The second-order valence-corrected chi connectivity index (χ2v) is 3.35. The second kappa shape index (κ2) is 4.10. The van der Waals surface area contributed by atoms with E-state index in [1.807, 2.05) is 4.90 Å². The minimum absolute atomic E-state index is 0. The molecule has 3 nitrogen and oxygen atoms in total. The zero-order chi connectivity index (χ0) is 7.68. The van der Waals surface area contributed by atoms with Crippen LogP contribution in [-0.2, 0) is 4.79 Å². The van der Waals surface area contributed by atoms with Gasteiger partial charge in [0.15, 0.2) is 0 Å². The van der Waals surface area contributed by atoms with Crippen LogP contribution in [-0.4, -0.2) is 36.5 Å². The number of rotatable bonds is 1. The number of nitrogens with one attached hydrogen (secondary N) is 1. The summed E-state index contributed by atoms with van der Waals surface area (Å²) < 4.78 is 0. The van der Waals surface area contributed by atoms with Crippen molar-refractivity contribution in [2.45, 2.75) is 25.3 Å². The Morgan fingerprint density at radius 2 is 2.17 bits per heavy atom. The fourth-order valence-corrected chi connectivity index (χ4v) is 1.71. The highest BCUT2D eigenvalue weighted by Crippen LogP contribution is 2.24. The first-order chi connectivity index (χ1) is 5.38. The molecule has 0 aromatic rings. The Balaban J connectivity index is 0.000000720. The van der Waals surface area contributed by atoms with Crippen molar-refractivity contribution in [1.82, 2.24) is 10.2 Å². The van der Waals surface area contributed by atoms with Gasteiger partial charge in [0.1, 0.15) is 0 Å². The van der Waals surface area contributed by atoms with Crippen molar-refractivity contribution in [3.63, 3.8) is 0 Å². The largest absolute Gasteiger partial charge is 0.337 e. The summed E-state index contributed by atoms with van der Waals surface area (Å²) >= 11 is 0. The molecule has 1 N–H and O–H groups in total. The molecule has 1 saturated carbocycles. The zero-order valence-corrected chi connectivity index (χ0v) is 7.90. The summed E-state index contributed by atoms with van der Waals surface area (Å²) in [6, 6.07) is 0.588. The molecule has 2 fully saturated rings. The van der Waals surface area contributed by atoms with Crippen LogP contribution in [0.5, 0.6) is 0 Å². The Morgan fingerprint density at radius 3 is 2.67 bits per heavy atom. The Morgan fingerprint density at radius 1 is 1.42 bits per heavy atom. The van der Waals surface area contributed by atoms with Crippen LogP contribution in [0.25, 0.3) is 0 Å². The zero-order valence-electron chi connectivity index (χ0n) is 7.08. The SMILES string of the molecule is Cl.O=C1CNCCN1C1CCC1. The number of hydrogen-bond acceptors (Lipinski definition) is 2. The molecule has 0 atom stereocenters. The van der Waals surface area contributed by atoms with Gasteiger partial charge in [-0.3, -0.25) is 4.79 Å². The first-order valence-electron chi connectivity index (χ1n) is 4.38. The monoisotopic (exact) mass is 190 g/mol. The third-order valence-corrected chi connectivity index (χ3v) is 2.64. The number of carbonyl (C=O) groups excluding carboxylic acids is 1. The molecule has 0 aromatic heterocycles. The van der Waals surface area contributed by atoms with Gasteiger partial charge < -0.3 is 10.2 Å². The molecule has 1 amide bonds. The van der Waals surface area contributed by atoms with Crippen LogP contribution in [0.4, 0.5) is 0 Å². The van der Waals surface area contributed by atoms with E-state index < -0.39 is 0 Å². The molecular formula is C8H15ClN2O. The summed E-state index contributed by atoms with van der Waals surface area (Å²) in [7, 11) is 0. The lowest BCUT2D eigenvalue weighted by atomic mass is 9.91. The number of nitrogens with zero attached hydrogens (tertiary/aromatic N) is 1. The summed E-state index contributed by atoms with van der Waals surface area (Å²) in [5, 5.41) is 3.08. The Labute approximate surface area is 78.9 Å². The van der Waals surface area contributed by atoms with E-state index in [1.165, 1.54) is 19.3 Å². The Kier molecular flexibility index (Phi) is 3.35. The fraction of sp³-hybridized carbons (Fsp3) is 0.875. The maximum atomic E-state index is 11.3. The molecule has 2 rings (SSSR count). The van der Waals surface area contributed by atoms with Crippen LogP contribution >= 0.6 is 12.4 Å². The van der Waals surface area contributed by atoms with E-state index in [-0.39, 0.29) is 12.4 Å². The van der Waals surface area contributed by atoms with Gasteiger partial charge in [-0.25, -0.2) is 0 Å². The van der Waals surface area contributed by atoms with Gasteiger partial charge in [-0.1, -0.05) is 0 Å². The third-order valence-electron chi connectivity index (χ3n) is 2.64. The smallest absolute Gasteiger partial charge is 0.236 e. The lowest BCUT2D eigenvalue weighted by Gasteiger charge is -2.39. The normalized spacial score (nSPS) is 24.7. The highest BCUT2D eigenvalue weighted by atomic mass is 35.5. The van der Waals surface area contributed by atoms with Crippen LogP contribution < -0.4 is 5.32 Å². The number of amides is 1. The van der Waals surface area contributed by atoms with Gasteiger partial charge in [-0.15, -0.1) is 12.4 Å². The van der Waals surface area contributed by atoms with Crippen LogP contribution in [0, 0.1) is 0 Å². The highest BCUT2D eigenvalue weighted by molar-refractivity contribution is 5.85. The summed E-state index contributed by atoms with van der Waals surface area (Å²) in [6.07, 6.45) is 3.76. The fourth-order valence-electron chi connectivity index (χ4n) is 1.71. The molecule has 2 aliphatic rings. The lowest BCUT2D eigenvalue weighted by Crippen LogP contribution is -2.54. The van der Waals surface area contributed by atoms with Crippen molar-refractivity contribution in [3.05, 3.63) is 0 Å². The standard InChI is InChI=1S/C8H14N2O.ClH/c11-8-6-9-4-5-10(8)7-2-1-3-7;/h7,9H,1-6H2;1H. The first-order valence-corrected chi connectivity index (χ1v) is 4.38. The Bertz CT molecular complexity index is 170. The van der Waals surface area contributed by atoms with E-state index in [9.17, 15) is 4.79 Å². The van der Waals surface area contributed by atoms with Gasteiger partial charge in [0.2, 0.25) is 5.91 Å². The molecule has 0 radical (unpaired) electrons. The molecule has 1 aliphatic carbocycles.